The number of phenols is 1. The highest BCUT2D eigenvalue weighted by Gasteiger charge is 2.11. The summed E-state index contributed by atoms with van der Waals surface area (Å²) in [5.74, 6) is -0.375. The SMILES string of the molecule is COc1cc(CCN=CC=C2C=C(C(=O)O)NCC2)ccc1O. The van der Waals surface area contributed by atoms with E-state index in [-0.39, 0.29) is 11.4 Å². The van der Waals surface area contributed by atoms with E-state index in [1.165, 1.54) is 7.11 Å². The predicted molar refractivity (Wildman–Crippen MR) is 88.1 cm³/mol. The minimum atomic E-state index is -0.950. The molecule has 1 aromatic carbocycles. The molecule has 122 valence electrons. The van der Waals surface area contributed by atoms with Gasteiger partial charge < -0.3 is 20.3 Å². The Hall–Kier alpha value is -2.76. The van der Waals surface area contributed by atoms with Gasteiger partial charge in [-0.05, 0) is 48.3 Å². The Bertz CT molecular complexity index is 663. The van der Waals surface area contributed by atoms with Crippen LogP contribution in [0.3, 0.4) is 0 Å². The minimum absolute atomic E-state index is 0.122. The van der Waals surface area contributed by atoms with Crippen LogP contribution in [0.15, 0.2) is 46.6 Å². The molecule has 2 rings (SSSR count). The van der Waals surface area contributed by atoms with Crippen molar-refractivity contribution in [3.05, 3.63) is 47.2 Å². The molecule has 6 heteroatoms. The molecule has 0 bridgehead atoms. The molecule has 0 atom stereocenters. The quantitative estimate of drug-likeness (QED) is 0.697. The number of carboxylic acid groups (broad SMARTS) is 1. The van der Waals surface area contributed by atoms with E-state index in [0.29, 0.717) is 18.8 Å². The van der Waals surface area contributed by atoms with Crippen molar-refractivity contribution in [2.75, 3.05) is 20.2 Å². The number of aromatic hydroxyl groups is 1. The van der Waals surface area contributed by atoms with Gasteiger partial charge in [-0.25, -0.2) is 4.79 Å². The Kier molecular flexibility index (Phi) is 5.80. The van der Waals surface area contributed by atoms with E-state index >= 15 is 0 Å². The zero-order valence-corrected chi connectivity index (χ0v) is 13.0. The summed E-state index contributed by atoms with van der Waals surface area (Å²) in [7, 11) is 1.51. The second-order valence-electron chi connectivity index (χ2n) is 5.09. The van der Waals surface area contributed by atoms with Crippen molar-refractivity contribution in [1.82, 2.24) is 5.32 Å². The van der Waals surface area contributed by atoms with Crippen molar-refractivity contribution in [2.45, 2.75) is 12.8 Å². The summed E-state index contributed by atoms with van der Waals surface area (Å²) in [4.78, 5) is 15.2. The molecule has 0 saturated carbocycles. The van der Waals surface area contributed by atoms with Crippen LogP contribution in [0.4, 0.5) is 0 Å². The molecule has 0 amide bonds. The van der Waals surface area contributed by atoms with E-state index in [9.17, 15) is 9.90 Å². The molecule has 0 unspecified atom stereocenters. The van der Waals surface area contributed by atoms with Gasteiger partial charge in [-0.2, -0.15) is 0 Å². The molecule has 0 radical (unpaired) electrons. The maximum Gasteiger partial charge on any atom is 0.351 e. The number of nitrogens with one attached hydrogen (secondary N) is 1. The standard InChI is InChI=1S/C17H20N2O4/c1-23-16-11-12(2-3-15(16)20)4-7-18-8-5-13-6-9-19-14(10-13)17(21)22/h2-3,5,8,10-11,19-20H,4,6-7,9H2,1H3,(H,21,22). The van der Waals surface area contributed by atoms with Crippen molar-refractivity contribution in [3.63, 3.8) is 0 Å². The number of aliphatic imine (C=N–C) groups is 1. The Balaban J connectivity index is 1.89. The molecule has 0 spiro atoms. The van der Waals surface area contributed by atoms with Gasteiger partial charge in [0.1, 0.15) is 5.70 Å². The number of aliphatic carboxylic acids is 1. The molecule has 1 aromatic rings. The number of nitrogens with zero attached hydrogens (tertiary/aromatic N) is 1. The van der Waals surface area contributed by atoms with Crippen LogP contribution in [0.5, 0.6) is 11.5 Å². The van der Waals surface area contributed by atoms with E-state index in [2.05, 4.69) is 10.3 Å². The van der Waals surface area contributed by atoms with Gasteiger partial charge in [0.2, 0.25) is 0 Å². The van der Waals surface area contributed by atoms with Crippen molar-refractivity contribution in [3.8, 4) is 11.5 Å². The van der Waals surface area contributed by atoms with Gasteiger partial charge >= 0.3 is 5.97 Å². The number of rotatable bonds is 6. The number of methoxy groups -OCH3 is 1. The van der Waals surface area contributed by atoms with Crippen LogP contribution in [-0.4, -0.2) is 42.6 Å². The van der Waals surface area contributed by atoms with Crippen LogP contribution < -0.4 is 10.1 Å². The first-order valence-electron chi connectivity index (χ1n) is 7.34. The zero-order valence-electron chi connectivity index (χ0n) is 13.0. The number of carbonyl (C=O) groups is 1. The maximum atomic E-state index is 10.9. The average molecular weight is 316 g/mol. The lowest BCUT2D eigenvalue weighted by atomic mass is 10.1. The molecule has 0 fully saturated rings. The summed E-state index contributed by atoms with van der Waals surface area (Å²) in [6.45, 7) is 1.22. The number of hydrogen-bond acceptors (Lipinski definition) is 5. The third kappa shape index (κ3) is 4.88. The van der Waals surface area contributed by atoms with E-state index in [4.69, 9.17) is 9.84 Å². The Labute approximate surface area is 134 Å². The van der Waals surface area contributed by atoms with E-state index in [0.717, 1.165) is 24.0 Å². The van der Waals surface area contributed by atoms with Crippen molar-refractivity contribution < 1.29 is 19.7 Å². The maximum absolute atomic E-state index is 10.9. The minimum Gasteiger partial charge on any atom is -0.504 e. The molecule has 23 heavy (non-hydrogen) atoms. The molecule has 0 aromatic heterocycles. The fourth-order valence-corrected chi connectivity index (χ4v) is 2.21. The number of ether oxygens (including phenoxy) is 1. The third-order valence-corrected chi connectivity index (χ3v) is 3.46. The summed E-state index contributed by atoms with van der Waals surface area (Å²) >= 11 is 0. The van der Waals surface area contributed by atoms with Crippen LogP contribution in [0, 0.1) is 0 Å². The van der Waals surface area contributed by atoms with E-state index in [1.54, 1.807) is 24.4 Å². The van der Waals surface area contributed by atoms with Crippen LogP contribution >= 0.6 is 0 Å². The number of benzene rings is 1. The largest absolute Gasteiger partial charge is 0.504 e. The van der Waals surface area contributed by atoms with Crippen LogP contribution in [-0.2, 0) is 11.2 Å². The zero-order chi connectivity index (χ0) is 16.7. The van der Waals surface area contributed by atoms with Gasteiger partial charge in [-0.15, -0.1) is 0 Å². The number of hydrogen-bond donors (Lipinski definition) is 3. The monoisotopic (exact) mass is 316 g/mol. The predicted octanol–water partition coefficient (Wildman–Crippen LogP) is 1.90. The summed E-state index contributed by atoms with van der Waals surface area (Å²) in [5.41, 5.74) is 2.18. The fraction of sp³-hybridized carbons (Fsp3) is 0.294. The molecule has 3 N–H and O–H groups in total. The molecular formula is C17H20N2O4. The lowest BCUT2D eigenvalue weighted by molar-refractivity contribution is -0.133. The fourth-order valence-electron chi connectivity index (χ4n) is 2.21. The Morgan fingerprint density at radius 2 is 2.30 bits per heavy atom. The second-order valence-corrected chi connectivity index (χ2v) is 5.09. The molecular weight excluding hydrogens is 296 g/mol. The van der Waals surface area contributed by atoms with E-state index < -0.39 is 5.97 Å². The van der Waals surface area contributed by atoms with Crippen molar-refractivity contribution >= 4 is 12.2 Å². The van der Waals surface area contributed by atoms with Gasteiger partial charge in [-0.3, -0.25) is 4.99 Å². The van der Waals surface area contributed by atoms with Gasteiger partial charge in [0.05, 0.1) is 7.11 Å². The van der Waals surface area contributed by atoms with Gasteiger partial charge in [0, 0.05) is 19.3 Å². The van der Waals surface area contributed by atoms with E-state index in [1.807, 2.05) is 12.1 Å². The lowest BCUT2D eigenvalue weighted by Gasteiger charge is -2.13. The number of allylic oxidation sites excluding steroid dienone is 2. The molecule has 1 aliphatic heterocycles. The first-order valence-corrected chi connectivity index (χ1v) is 7.34. The molecule has 1 heterocycles. The molecule has 6 nitrogen and oxygen atoms in total. The molecule has 0 aliphatic carbocycles. The van der Waals surface area contributed by atoms with Gasteiger partial charge in [-0.1, -0.05) is 6.07 Å². The van der Waals surface area contributed by atoms with Gasteiger partial charge in [0.25, 0.3) is 0 Å². The van der Waals surface area contributed by atoms with Crippen LogP contribution in [0.2, 0.25) is 0 Å². The lowest BCUT2D eigenvalue weighted by Crippen LogP contribution is -2.25. The number of carboxylic acids is 1. The smallest absolute Gasteiger partial charge is 0.351 e. The third-order valence-electron chi connectivity index (χ3n) is 3.46. The summed E-state index contributed by atoms with van der Waals surface area (Å²) in [6, 6.07) is 5.23. The highest BCUT2D eigenvalue weighted by molar-refractivity contribution is 5.87. The number of phenolic OH excluding ortho intramolecular Hbond substituents is 1. The van der Waals surface area contributed by atoms with Crippen molar-refractivity contribution in [1.29, 1.82) is 0 Å². The Morgan fingerprint density at radius 1 is 1.48 bits per heavy atom. The normalized spacial score (nSPS) is 16.2. The van der Waals surface area contributed by atoms with Crippen molar-refractivity contribution in [2.24, 2.45) is 4.99 Å². The van der Waals surface area contributed by atoms with Crippen LogP contribution in [0.1, 0.15) is 12.0 Å². The second kappa shape index (κ2) is 8.03. The highest BCUT2D eigenvalue weighted by Crippen LogP contribution is 2.26. The topological polar surface area (TPSA) is 91.2 Å². The molecule has 1 aliphatic rings. The summed E-state index contributed by atoms with van der Waals surface area (Å²) in [5, 5.41) is 21.3. The van der Waals surface area contributed by atoms with Gasteiger partial charge in [0.15, 0.2) is 11.5 Å². The molecule has 0 saturated heterocycles. The average Bonchev–Trinajstić information content (AvgIpc) is 2.56. The first kappa shape index (κ1) is 16.6. The Morgan fingerprint density at radius 3 is 3.04 bits per heavy atom. The van der Waals surface area contributed by atoms with Crippen LogP contribution in [0.25, 0.3) is 0 Å². The summed E-state index contributed by atoms with van der Waals surface area (Å²) in [6.07, 6.45) is 6.67. The highest BCUT2D eigenvalue weighted by atomic mass is 16.5. The first-order chi connectivity index (χ1) is 11.1. The summed E-state index contributed by atoms with van der Waals surface area (Å²) < 4.78 is 5.06.